The van der Waals surface area contributed by atoms with E-state index in [2.05, 4.69) is 15.6 Å². The van der Waals surface area contributed by atoms with E-state index in [4.69, 9.17) is 9.84 Å². The zero-order valence-corrected chi connectivity index (χ0v) is 20.3. The number of nitrogens with one attached hydrogen (secondary N) is 2. The fraction of sp³-hybridized carbons (Fsp3) is 0.222. The van der Waals surface area contributed by atoms with E-state index in [0.29, 0.717) is 5.69 Å². The molecule has 3 N–H and O–H groups in total. The molecule has 0 saturated heterocycles. The van der Waals surface area contributed by atoms with Crippen LogP contribution in [0.5, 0.6) is 5.75 Å². The maximum atomic E-state index is 14.1. The van der Waals surface area contributed by atoms with Crippen LogP contribution in [-0.2, 0) is 6.61 Å². The summed E-state index contributed by atoms with van der Waals surface area (Å²) < 4.78 is 62.8. The Hall–Kier alpha value is -4.61. The number of carbonyl (C=O) groups excluding carboxylic acids is 1. The number of aromatic nitrogens is 2. The van der Waals surface area contributed by atoms with Crippen LogP contribution in [0.1, 0.15) is 52.1 Å². The van der Waals surface area contributed by atoms with Crippen molar-refractivity contribution >= 4 is 17.6 Å². The predicted octanol–water partition coefficient (Wildman–Crippen LogP) is 5.09. The number of hydrogen-bond acceptors (Lipinski definition) is 4. The van der Waals surface area contributed by atoms with Crippen LogP contribution in [0.2, 0.25) is 0 Å². The van der Waals surface area contributed by atoms with Crippen molar-refractivity contribution in [3.05, 3.63) is 101 Å². The summed E-state index contributed by atoms with van der Waals surface area (Å²) in [5, 5.41) is 13.9. The first-order valence-electron chi connectivity index (χ1n) is 12.0. The van der Waals surface area contributed by atoms with Gasteiger partial charge in [0.25, 0.3) is 5.91 Å². The van der Waals surface area contributed by atoms with Gasteiger partial charge in [0.05, 0.1) is 17.3 Å². The van der Waals surface area contributed by atoms with Crippen LogP contribution in [0.4, 0.5) is 22.4 Å². The third kappa shape index (κ3) is 5.49. The minimum Gasteiger partial charge on any atom is -0.485 e. The molecule has 0 spiro atoms. The molecule has 0 radical (unpaired) electrons. The molecule has 39 heavy (non-hydrogen) atoms. The van der Waals surface area contributed by atoms with Crippen molar-refractivity contribution in [3.63, 3.8) is 0 Å². The molecule has 2 aromatic carbocycles. The smallest absolute Gasteiger partial charge is 0.404 e. The molecule has 8 nitrogen and oxygen atoms in total. The fourth-order valence-electron chi connectivity index (χ4n) is 4.26. The Morgan fingerprint density at radius 2 is 1.77 bits per heavy atom. The Labute approximate surface area is 219 Å². The van der Waals surface area contributed by atoms with E-state index in [1.54, 1.807) is 18.3 Å². The zero-order valence-electron chi connectivity index (χ0n) is 20.3. The standard InChI is InChI=1S/C27H22F4N4O4/c28-17-3-1-4-18(29)16(17)13-39-22-5-2-10-35-24(23(14-6-7-14)34-25(22)35)26(36)33-21(12-32-27(37)38)15-8-9-19(30)20(31)11-15/h1-5,8-11,14,21,32H,6-7,12-13H2,(H,33,36)(H,37,38). The molecule has 0 bridgehead atoms. The van der Waals surface area contributed by atoms with Gasteiger partial charge in [-0.25, -0.2) is 27.3 Å². The number of imidazole rings is 1. The lowest BCUT2D eigenvalue weighted by atomic mass is 10.1. The van der Waals surface area contributed by atoms with Crippen molar-refractivity contribution in [2.24, 2.45) is 0 Å². The van der Waals surface area contributed by atoms with Crippen LogP contribution in [0.15, 0.2) is 54.7 Å². The van der Waals surface area contributed by atoms with Gasteiger partial charge in [0.2, 0.25) is 0 Å². The van der Waals surface area contributed by atoms with Crippen molar-refractivity contribution in [2.75, 3.05) is 6.54 Å². The first-order valence-corrected chi connectivity index (χ1v) is 12.0. The first-order chi connectivity index (χ1) is 18.7. The molecule has 4 aromatic rings. The minimum atomic E-state index is -1.36. The van der Waals surface area contributed by atoms with Gasteiger partial charge in [-0.2, -0.15) is 0 Å². The van der Waals surface area contributed by atoms with Crippen LogP contribution in [-0.4, -0.2) is 33.0 Å². The molecule has 0 aliphatic heterocycles. The van der Waals surface area contributed by atoms with Crippen LogP contribution in [0.3, 0.4) is 0 Å². The maximum Gasteiger partial charge on any atom is 0.404 e. The number of rotatable bonds is 9. The van der Waals surface area contributed by atoms with Crippen molar-refractivity contribution in [1.29, 1.82) is 0 Å². The largest absolute Gasteiger partial charge is 0.485 e. The van der Waals surface area contributed by atoms with E-state index in [9.17, 15) is 27.2 Å². The lowest BCUT2D eigenvalue weighted by Crippen LogP contribution is -2.38. The summed E-state index contributed by atoms with van der Waals surface area (Å²) in [5.74, 6) is -4.22. The molecule has 202 valence electrons. The molecule has 1 aliphatic carbocycles. The fourth-order valence-corrected chi connectivity index (χ4v) is 4.26. The van der Waals surface area contributed by atoms with Crippen LogP contribution in [0, 0.1) is 23.3 Å². The lowest BCUT2D eigenvalue weighted by molar-refractivity contribution is 0.0927. The molecule has 1 fully saturated rings. The number of benzene rings is 2. The van der Waals surface area contributed by atoms with Gasteiger partial charge in [-0.05, 0) is 54.8 Å². The summed E-state index contributed by atoms with van der Waals surface area (Å²) in [6.07, 6.45) is 1.78. The van der Waals surface area contributed by atoms with E-state index < -0.39 is 47.9 Å². The predicted molar refractivity (Wildman–Crippen MR) is 130 cm³/mol. The van der Waals surface area contributed by atoms with Crippen LogP contribution < -0.4 is 15.4 Å². The number of fused-ring (bicyclic) bond motifs is 1. The molecular weight excluding hydrogens is 520 g/mol. The second kappa shape index (κ2) is 10.6. The van der Waals surface area contributed by atoms with E-state index in [1.807, 2.05) is 0 Å². The third-order valence-electron chi connectivity index (χ3n) is 6.36. The Kier molecular flexibility index (Phi) is 7.09. The summed E-state index contributed by atoms with van der Waals surface area (Å²) in [7, 11) is 0. The maximum absolute atomic E-state index is 14.1. The first kappa shape index (κ1) is 26.0. The van der Waals surface area contributed by atoms with Crippen LogP contribution >= 0.6 is 0 Å². The number of amides is 2. The molecule has 1 atom stereocenters. The summed E-state index contributed by atoms with van der Waals surface area (Å²) >= 11 is 0. The highest BCUT2D eigenvalue weighted by atomic mass is 19.2. The summed E-state index contributed by atoms with van der Waals surface area (Å²) in [4.78, 5) is 29.3. The summed E-state index contributed by atoms with van der Waals surface area (Å²) in [6.45, 7) is -0.728. The highest BCUT2D eigenvalue weighted by Gasteiger charge is 2.34. The molecule has 5 rings (SSSR count). The van der Waals surface area contributed by atoms with Gasteiger partial charge in [-0.3, -0.25) is 9.20 Å². The number of halogens is 4. The second-order valence-electron chi connectivity index (χ2n) is 9.06. The average Bonchev–Trinajstić information content (AvgIpc) is 3.67. The van der Waals surface area contributed by atoms with Gasteiger partial charge in [0.1, 0.15) is 23.9 Å². The molecule has 1 unspecified atom stereocenters. The van der Waals surface area contributed by atoms with Crippen LogP contribution in [0.25, 0.3) is 5.65 Å². The van der Waals surface area contributed by atoms with E-state index in [-0.39, 0.29) is 40.7 Å². The van der Waals surface area contributed by atoms with E-state index in [1.165, 1.54) is 16.5 Å². The number of nitrogens with zero attached hydrogens (tertiary/aromatic N) is 2. The Morgan fingerprint density at radius 1 is 1.03 bits per heavy atom. The zero-order chi connectivity index (χ0) is 27.7. The van der Waals surface area contributed by atoms with Gasteiger partial charge < -0.3 is 20.5 Å². The van der Waals surface area contributed by atoms with E-state index >= 15 is 0 Å². The lowest BCUT2D eigenvalue weighted by Gasteiger charge is -2.20. The molecule has 1 aliphatic rings. The van der Waals surface area contributed by atoms with Crippen molar-refractivity contribution in [2.45, 2.75) is 31.4 Å². The minimum absolute atomic E-state index is 0.0126. The molecule has 2 heterocycles. The molecule has 12 heteroatoms. The third-order valence-corrected chi connectivity index (χ3v) is 6.36. The topological polar surface area (TPSA) is 105 Å². The van der Waals surface area contributed by atoms with Gasteiger partial charge in [-0.1, -0.05) is 12.1 Å². The van der Waals surface area contributed by atoms with Crippen molar-refractivity contribution < 1.29 is 37.0 Å². The summed E-state index contributed by atoms with van der Waals surface area (Å²) in [5.41, 5.74) is 0.753. The molecule has 2 amide bonds. The highest BCUT2D eigenvalue weighted by Crippen LogP contribution is 2.42. The van der Waals surface area contributed by atoms with Gasteiger partial charge in [-0.15, -0.1) is 0 Å². The average molecular weight is 542 g/mol. The number of ether oxygens (including phenoxy) is 1. The number of carbonyl (C=O) groups is 2. The number of hydrogen-bond donors (Lipinski definition) is 3. The Bertz CT molecular complexity index is 1550. The number of carboxylic acid groups (broad SMARTS) is 1. The van der Waals surface area contributed by atoms with Gasteiger partial charge in [0, 0.05) is 18.7 Å². The Balaban J connectivity index is 1.48. The second-order valence-corrected chi connectivity index (χ2v) is 9.06. The quantitative estimate of drug-likeness (QED) is 0.256. The highest BCUT2D eigenvalue weighted by molar-refractivity contribution is 5.95. The molecule has 2 aromatic heterocycles. The van der Waals surface area contributed by atoms with E-state index in [0.717, 1.165) is 37.1 Å². The number of pyridine rings is 1. The van der Waals surface area contributed by atoms with Gasteiger partial charge >= 0.3 is 6.09 Å². The molecular formula is C27H22F4N4O4. The van der Waals surface area contributed by atoms with Crippen molar-refractivity contribution in [3.8, 4) is 5.75 Å². The normalized spacial score (nSPS) is 13.7. The summed E-state index contributed by atoms with van der Waals surface area (Å²) in [6, 6.07) is 8.60. The molecule has 1 saturated carbocycles. The monoisotopic (exact) mass is 542 g/mol. The Morgan fingerprint density at radius 3 is 2.44 bits per heavy atom. The van der Waals surface area contributed by atoms with Gasteiger partial charge in [0.15, 0.2) is 23.0 Å². The van der Waals surface area contributed by atoms with Crippen molar-refractivity contribution in [1.82, 2.24) is 20.0 Å². The SMILES string of the molecule is O=C(O)NCC(NC(=O)c1c(C2CC2)nc2c(OCc3c(F)cccc3F)cccn12)c1ccc(F)c(F)c1.